The predicted molar refractivity (Wildman–Crippen MR) is 179 cm³/mol. The minimum atomic E-state index is -4.55. The number of alkyl halides is 3. The van der Waals surface area contributed by atoms with E-state index in [9.17, 15) is 23.1 Å². The van der Waals surface area contributed by atoms with Crippen molar-refractivity contribution in [1.82, 2.24) is 24.5 Å². The molecule has 0 bridgehead atoms. The van der Waals surface area contributed by atoms with Gasteiger partial charge in [0.2, 0.25) is 5.91 Å². The zero-order valence-corrected chi connectivity index (χ0v) is 28.2. The monoisotopic (exact) mass is 680 g/mol. The summed E-state index contributed by atoms with van der Waals surface area (Å²) >= 11 is 0.943. The molecule has 1 amide bonds. The molecule has 1 N–H and O–H groups in total. The summed E-state index contributed by atoms with van der Waals surface area (Å²) in [4.78, 5) is 19.0. The summed E-state index contributed by atoms with van der Waals surface area (Å²) in [6, 6.07) is 14.1. The predicted octanol–water partition coefficient (Wildman–Crippen LogP) is 5.77. The van der Waals surface area contributed by atoms with Crippen LogP contribution in [0.4, 0.5) is 13.2 Å². The van der Waals surface area contributed by atoms with Crippen molar-refractivity contribution in [3.05, 3.63) is 70.4 Å². The van der Waals surface area contributed by atoms with Gasteiger partial charge in [0.1, 0.15) is 0 Å². The Hall–Kier alpha value is -3.37. The number of carbonyl (C=O) groups is 1. The number of likely N-dealkylation sites (N-methyl/N-ethyl adjacent to an activating group) is 1. The van der Waals surface area contributed by atoms with Crippen LogP contribution in [0.1, 0.15) is 66.5 Å². The maximum Gasteiger partial charge on any atom is 0.417 e. The Morgan fingerprint density at radius 2 is 1.77 bits per heavy atom. The molecule has 48 heavy (non-hydrogen) atoms. The zero-order valence-electron chi connectivity index (χ0n) is 27.4. The van der Waals surface area contributed by atoms with Gasteiger partial charge in [-0.1, -0.05) is 25.1 Å². The minimum absolute atomic E-state index is 0.0310. The summed E-state index contributed by atoms with van der Waals surface area (Å²) in [6.45, 7) is 8.28. The van der Waals surface area contributed by atoms with Gasteiger partial charge in [-0.05, 0) is 81.1 Å². The Balaban J connectivity index is 1.18. The van der Waals surface area contributed by atoms with Crippen LogP contribution in [-0.4, -0.2) is 93.2 Å². The van der Waals surface area contributed by atoms with Gasteiger partial charge in [0.05, 0.1) is 41.3 Å². The third kappa shape index (κ3) is 7.91. The first-order chi connectivity index (χ1) is 23.1. The van der Waals surface area contributed by atoms with E-state index in [0.29, 0.717) is 55.5 Å². The number of hydrogen-bond acceptors (Lipinski definition) is 7. The Bertz CT molecular complexity index is 1620. The number of aliphatic hydroxyl groups is 1. The minimum Gasteiger partial charge on any atom is -0.390 e. The number of carbonyl (C=O) groups excluding carboxylic acids is 1. The highest BCUT2D eigenvalue weighted by Crippen LogP contribution is 2.40. The average molecular weight is 681 g/mol. The number of likely N-dealkylation sites (tertiary alicyclic amines) is 2. The van der Waals surface area contributed by atoms with Crippen molar-refractivity contribution in [2.24, 2.45) is 0 Å². The number of hydrogen-bond donors (Lipinski definition) is 1. The lowest BCUT2D eigenvalue weighted by Gasteiger charge is -2.33. The summed E-state index contributed by atoms with van der Waals surface area (Å²) in [5.41, 5.74) is 4.40. The highest BCUT2D eigenvalue weighted by atomic mass is 32.2. The normalized spacial score (nSPS) is 18.5. The number of aliphatic hydroxyl groups excluding tert-OH is 1. The van der Waals surface area contributed by atoms with E-state index in [1.165, 1.54) is 17.7 Å². The molecule has 3 aromatic rings. The fraction of sp³-hybridized carbons (Fsp3) is 0.528. The quantitative estimate of drug-likeness (QED) is 0.272. The molecule has 6 rings (SSSR count). The van der Waals surface area contributed by atoms with E-state index in [4.69, 9.17) is 10.4 Å². The second-order valence-electron chi connectivity index (χ2n) is 13.1. The third-order valence-electron chi connectivity index (χ3n) is 9.98. The first-order valence-electron chi connectivity index (χ1n) is 17.0. The molecule has 0 saturated carbocycles. The van der Waals surface area contributed by atoms with Gasteiger partial charge in [0.25, 0.3) is 0 Å². The summed E-state index contributed by atoms with van der Waals surface area (Å²) in [7, 11) is 0. The Labute approximate surface area is 284 Å². The molecule has 8 nitrogen and oxygen atoms in total. The second kappa shape index (κ2) is 15.0. The Kier molecular flexibility index (Phi) is 10.8. The number of piperidine rings is 1. The lowest BCUT2D eigenvalue weighted by molar-refractivity contribution is -0.139. The lowest BCUT2D eigenvalue weighted by Crippen LogP contribution is -2.40. The third-order valence-corrected chi connectivity index (χ3v) is 11.0. The molecule has 1 unspecified atom stereocenters. The molecular formula is C36H43F3N6O2S. The number of fused-ring (bicyclic) bond motifs is 1. The number of β-amino-alcohol motifs (C(OH)–C–C–N with tert-alkyl or cyclic N) is 1. The Morgan fingerprint density at radius 1 is 1.04 bits per heavy atom. The van der Waals surface area contributed by atoms with Crippen LogP contribution in [0.25, 0.3) is 11.3 Å². The van der Waals surface area contributed by atoms with Crippen LogP contribution in [0.2, 0.25) is 0 Å². The number of halogens is 3. The summed E-state index contributed by atoms with van der Waals surface area (Å²) in [5.74, 6) is 0.252. The van der Waals surface area contributed by atoms with Gasteiger partial charge >= 0.3 is 6.18 Å². The van der Waals surface area contributed by atoms with Crippen molar-refractivity contribution >= 4 is 17.7 Å². The standard InChI is InChI=1S/C36H43F3N6O2S/c1-2-42-18-13-32-30(23-42)35(28-9-10-31(36(37,38)39)33(19-28)48-24-34(47)44-14-3-4-15-44)41-45(32)22-29(46)21-43-16-11-27(12-17-43)26-7-5-25(20-40)6-8-26/h5-10,19,27,29,46H,2-4,11-18,21-24H2,1H3. The summed E-state index contributed by atoms with van der Waals surface area (Å²) < 4.78 is 44.1. The fourth-order valence-electron chi connectivity index (χ4n) is 7.25. The number of nitrogens with zero attached hydrogens (tertiary/aromatic N) is 6. The number of thioether (sulfide) groups is 1. The largest absolute Gasteiger partial charge is 0.417 e. The lowest BCUT2D eigenvalue weighted by atomic mass is 9.89. The van der Waals surface area contributed by atoms with Gasteiger partial charge in [-0.15, -0.1) is 11.8 Å². The van der Waals surface area contributed by atoms with E-state index in [2.05, 4.69) is 22.8 Å². The highest BCUT2D eigenvalue weighted by molar-refractivity contribution is 8.00. The Morgan fingerprint density at radius 3 is 2.44 bits per heavy atom. The molecule has 12 heteroatoms. The molecule has 3 aliphatic rings. The van der Waals surface area contributed by atoms with Crippen LogP contribution in [0.3, 0.4) is 0 Å². The SMILES string of the molecule is CCN1CCc2c(c(-c3ccc(C(F)(F)F)c(SCC(=O)N4CCCC4)c3)nn2CC(O)CN2CCC(c3ccc(C#N)cc3)CC2)C1. The summed E-state index contributed by atoms with van der Waals surface area (Å²) in [5, 5.41) is 25.3. The van der Waals surface area contributed by atoms with E-state index in [-0.39, 0.29) is 16.6 Å². The van der Waals surface area contributed by atoms with Crippen LogP contribution < -0.4 is 0 Å². The number of aromatic nitrogens is 2. The van der Waals surface area contributed by atoms with Gasteiger partial charge in [-0.3, -0.25) is 14.4 Å². The molecule has 2 fully saturated rings. The molecule has 1 atom stereocenters. The van der Waals surface area contributed by atoms with E-state index in [0.717, 1.165) is 87.4 Å². The molecule has 4 heterocycles. The van der Waals surface area contributed by atoms with Gasteiger partial charge in [-0.2, -0.15) is 23.5 Å². The molecule has 1 aromatic heterocycles. The fourth-order valence-corrected chi connectivity index (χ4v) is 8.27. The van der Waals surface area contributed by atoms with Crippen molar-refractivity contribution in [1.29, 1.82) is 5.26 Å². The molecule has 2 aromatic carbocycles. The van der Waals surface area contributed by atoms with Gasteiger partial charge in [0, 0.05) is 60.9 Å². The zero-order chi connectivity index (χ0) is 33.8. The molecular weight excluding hydrogens is 637 g/mol. The van der Waals surface area contributed by atoms with E-state index in [1.54, 1.807) is 4.90 Å². The molecule has 0 aliphatic carbocycles. The van der Waals surface area contributed by atoms with Crippen molar-refractivity contribution in [3.8, 4) is 17.3 Å². The van der Waals surface area contributed by atoms with Gasteiger partial charge < -0.3 is 14.9 Å². The van der Waals surface area contributed by atoms with E-state index in [1.807, 2.05) is 28.9 Å². The number of benzene rings is 2. The average Bonchev–Trinajstić information content (AvgIpc) is 3.76. The van der Waals surface area contributed by atoms with E-state index < -0.39 is 17.8 Å². The molecule has 2 saturated heterocycles. The van der Waals surface area contributed by atoms with Crippen LogP contribution in [0.15, 0.2) is 47.4 Å². The molecule has 256 valence electrons. The number of nitriles is 1. The van der Waals surface area contributed by atoms with Gasteiger partial charge in [0.15, 0.2) is 0 Å². The maximum atomic E-state index is 14.1. The molecule has 0 radical (unpaired) electrons. The van der Waals surface area contributed by atoms with Crippen molar-refractivity contribution in [2.45, 2.75) is 75.2 Å². The molecule has 3 aliphatic heterocycles. The number of amides is 1. The van der Waals surface area contributed by atoms with Crippen molar-refractivity contribution in [2.75, 3.05) is 51.6 Å². The van der Waals surface area contributed by atoms with Crippen molar-refractivity contribution in [3.63, 3.8) is 0 Å². The van der Waals surface area contributed by atoms with Crippen molar-refractivity contribution < 1.29 is 23.1 Å². The van der Waals surface area contributed by atoms with Crippen LogP contribution in [0.5, 0.6) is 0 Å². The number of rotatable bonds is 10. The van der Waals surface area contributed by atoms with E-state index >= 15 is 0 Å². The van der Waals surface area contributed by atoms with Crippen LogP contribution in [-0.2, 0) is 30.5 Å². The first-order valence-corrected chi connectivity index (χ1v) is 17.9. The van der Waals surface area contributed by atoms with Crippen LogP contribution >= 0.6 is 11.8 Å². The van der Waals surface area contributed by atoms with Crippen LogP contribution in [0, 0.1) is 11.3 Å². The smallest absolute Gasteiger partial charge is 0.390 e. The second-order valence-corrected chi connectivity index (χ2v) is 14.1. The highest BCUT2D eigenvalue weighted by Gasteiger charge is 2.35. The first kappa shape index (κ1) is 34.5. The molecule has 0 spiro atoms. The summed E-state index contributed by atoms with van der Waals surface area (Å²) in [6.07, 6.45) is -0.658. The maximum absolute atomic E-state index is 14.1. The van der Waals surface area contributed by atoms with Gasteiger partial charge in [-0.25, -0.2) is 0 Å². The topological polar surface area (TPSA) is 88.6 Å².